The second-order valence-electron chi connectivity index (χ2n) is 3.38. The van der Waals surface area contributed by atoms with Crippen molar-refractivity contribution in [2.45, 2.75) is 6.42 Å². The number of hydrogen-bond acceptors (Lipinski definition) is 3. The Hall–Kier alpha value is -1.77. The molecule has 0 aliphatic heterocycles. The van der Waals surface area contributed by atoms with Gasteiger partial charge in [0.15, 0.2) is 17.3 Å². The summed E-state index contributed by atoms with van der Waals surface area (Å²) in [7, 11) is 3.19. The van der Waals surface area contributed by atoms with Gasteiger partial charge in [-0.3, -0.25) is 4.79 Å². The standard InChI is InChI=1S/C12H12O3/c1-14-11-6-8-3-4-10(13)5-9(8)7-12(11)15-2/h3-4,6-7H,5H2,1-2H3. The van der Waals surface area contributed by atoms with E-state index in [9.17, 15) is 4.79 Å². The molecule has 1 aromatic carbocycles. The van der Waals surface area contributed by atoms with Crippen molar-refractivity contribution in [3.05, 3.63) is 29.3 Å². The van der Waals surface area contributed by atoms with Crippen LogP contribution in [0, 0.1) is 0 Å². The third-order valence-electron chi connectivity index (χ3n) is 2.46. The Balaban J connectivity index is 2.52. The van der Waals surface area contributed by atoms with E-state index >= 15 is 0 Å². The van der Waals surface area contributed by atoms with E-state index in [1.165, 1.54) is 0 Å². The van der Waals surface area contributed by atoms with Gasteiger partial charge in [0.1, 0.15) is 0 Å². The van der Waals surface area contributed by atoms with Gasteiger partial charge in [0.2, 0.25) is 0 Å². The van der Waals surface area contributed by atoms with Gasteiger partial charge >= 0.3 is 0 Å². The van der Waals surface area contributed by atoms with Gasteiger partial charge in [0, 0.05) is 6.42 Å². The first-order chi connectivity index (χ1) is 7.24. The maximum absolute atomic E-state index is 11.2. The van der Waals surface area contributed by atoms with Gasteiger partial charge < -0.3 is 9.47 Å². The number of methoxy groups -OCH3 is 2. The average Bonchev–Trinajstić information content (AvgIpc) is 2.27. The molecule has 78 valence electrons. The average molecular weight is 204 g/mol. The van der Waals surface area contributed by atoms with Crippen molar-refractivity contribution in [1.82, 2.24) is 0 Å². The molecule has 0 unspecified atom stereocenters. The van der Waals surface area contributed by atoms with Crippen LogP contribution < -0.4 is 9.47 Å². The van der Waals surface area contributed by atoms with E-state index < -0.39 is 0 Å². The smallest absolute Gasteiger partial charge is 0.161 e. The van der Waals surface area contributed by atoms with E-state index in [1.54, 1.807) is 20.3 Å². The fourth-order valence-corrected chi connectivity index (χ4v) is 1.67. The summed E-state index contributed by atoms with van der Waals surface area (Å²) in [6.45, 7) is 0. The number of ether oxygens (including phenoxy) is 2. The minimum Gasteiger partial charge on any atom is -0.493 e. The highest BCUT2D eigenvalue weighted by Gasteiger charge is 2.14. The van der Waals surface area contributed by atoms with Crippen LogP contribution in [0.25, 0.3) is 6.08 Å². The van der Waals surface area contributed by atoms with Crippen LogP contribution in [0.2, 0.25) is 0 Å². The number of carbonyl (C=O) groups is 1. The van der Waals surface area contributed by atoms with Crippen LogP contribution in [0.3, 0.4) is 0 Å². The first-order valence-electron chi connectivity index (χ1n) is 4.70. The molecule has 1 aliphatic rings. The normalized spacial score (nSPS) is 13.6. The Morgan fingerprint density at radius 2 is 1.73 bits per heavy atom. The molecule has 0 bridgehead atoms. The Morgan fingerprint density at radius 3 is 2.40 bits per heavy atom. The fraction of sp³-hybridized carbons (Fsp3) is 0.250. The maximum Gasteiger partial charge on any atom is 0.161 e. The zero-order valence-corrected chi connectivity index (χ0v) is 8.74. The van der Waals surface area contributed by atoms with Crippen LogP contribution >= 0.6 is 0 Å². The van der Waals surface area contributed by atoms with Crippen LogP contribution in [-0.2, 0) is 11.2 Å². The number of rotatable bonds is 2. The molecule has 0 atom stereocenters. The molecule has 0 fully saturated rings. The molecule has 15 heavy (non-hydrogen) atoms. The van der Waals surface area contributed by atoms with E-state index in [4.69, 9.17) is 9.47 Å². The summed E-state index contributed by atoms with van der Waals surface area (Å²) >= 11 is 0. The molecule has 1 aliphatic carbocycles. The van der Waals surface area contributed by atoms with Crippen molar-refractivity contribution in [3.8, 4) is 11.5 Å². The van der Waals surface area contributed by atoms with Gasteiger partial charge in [-0.05, 0) is 29.3 Å². The number of fused-ring (bicyclic) bond motifs is 1. The quantitative estimate of drug-likeness (QED) is 0.737. The van der Waals surface area contributed by atoms with Gasteiger partial charge in [0.25, 0.3) is 0 Å². The van der Waals surface area contributed by atoms with Gasteiger partial charge in [-0.25, -0.2) is 0 Å². The predicted octanol–water partition coefficient (Wildman–Crippen LogP) is 1.84. The van der Waals surface area contributed by atoms with Crippen LogP contribution in [0.5, 0.6) is 11.5 Å². The molecule has 0 amide bonds. The molecule has 3 heteroatoms. The highest BCUT2D eigenvalue weighted by atomic mass is 16.5. The molecule has 0 saturated carbocycles. The Morgan fingerprint density at radius 1 is 1.07 bits per heavy atom. The summed E-state index contributed by atoms with van der Waals surface area (Å²) in [5, 5.41) is 0. The number of ketones is 1. The van der Waals surface area contributed by atoms with Crippen molar-refractivity contribution in [2.75, 3.05) is 14.2 Å². The second-order valence-corrected chi connectivity index (χ2v) is 3.38. The highest BCUT2D eigenvalue weighted by Crippen LogP contribution is 2.32. The molecule has 2 rings (SSSR count). The zero-order chi connectivity index (χ0) is 10.8. The van der Waals surface area contributed by atoms with Crippen LogP contribution in [0.4, 0.5) is 0 Å². The van der Waals surface area contributed by atoms with E-state index in [1.807, 2.05) is 18.2 Å². The lowest BCUT2D eigenvalue weighted by Crippen LogP contribution is -2.06. The molecule has 0 aromatic heterocycles. The minimum absolute atomic E-state index is 0.120. The first-order valence-corrected chi connectivity index (χ1v) is 4.70. The molecular formula is C12H12O3. The number of benzene rings is 1. The lowest BCUT2D eigenvalue weighted by atomic mass is 9.96. The molecule has 0 saturated heterocycles. The lowest BCUT2D eigenvalue weighted by Gasteiger charge is -2.14. The predicted molar refractivity (Wildman–Crippen MR) is 57.3 cm³/mol. The maximum atomic E-state index is 11.2. The summed E-state index contributed by atoms with van der Waals surface area (Å²) in [5.74, 6) is 1.48. The summed E-state index contributed by atoms with van der Waals surface area (Å²) in [6, 6.07) is 3.74. The highest BCUT2D eigenvalue weighted by molar-refractivity contribution is 5.98. The van der Waals surface area contributed by atoms with E-state index in [2.05, 4.69) is 0 Å². The summed E-state index contributed by atoms with van der Waals surface area (Å²) in [6.07, 6.45) is 3.84. The lowest BCUT2D eigenvalue weighted by molar-refractivity contribution is -0.114. The second kappa shape index (κ2) is 3.77. The van der Waals surface area contributed by atoms with E-state index in [0.29, 0.717) is 17.9 Å². The molecule has 0 heterocycles. The molecule has 0 spiro atoms. The van der Waals surface area contributed by atoms with Gasteiger partial charge in [-0.1, -0.05) is 6.08 Å². The van der Waals surface area contributed by atoms with Gasteiger partial charge in [-0.2, -0.15) is 0 Å². The van der Waals surface area contributed by atoms with Crippen molar-refractivity contribution in [3.63, 3.8) is 0 Å². The molecule has 0 N–H and O–H groups in total. The first kappa shape index (κ1) is 9.77. The topological polar surface area (TPSA) is 35.5 Å². The monoisotopic (exact) mass is 204 g/mol. The Bertz CT molecular complexity index is 433. The zero-order valence-electron chi connectivity index (χ0n) is 8.74. The number of allylic oxidation sites excluding steroid dienone is 1. The Kier molecular flexibility index (Phi) is 2.46. The summed E-state index contributed by atoms with van der Waals surface area (Å²) < 4.78 is 10.4. The molecular weight excluding hydrogens is 192 g/mol. The molecule has 3 nitrogen and oxygen atoms in total. The fourth-order valence-electron chi connectivity index (χ4n) is 1.67. The van der Waals surface area contributed by atoms with Crippen molar-refractivity contribution in [2.24, 2.45) is 0 Å². The number of carbonyl (C=O) groups excluding carboxylic acids is 1. The van der Waals surface area contributed by atoms with Gasteiger partial charge in [-0.15, -0.1) is 0 Å². The van der Waals surface area contributed by atoms with Crippen LogP contribution in [-0.4, -0.2) is 20.0 Å². The third kappa shape index (κ3) is 1.73. The largest absolute Gasteiger partial charge is 0.493 e. The van der Waals surface area contributed by atoms with E-state index in [0.717, 1.165) is 11.1 Å². The summed E-state index contributed by atoms with van der Waals surface area (Å²) in [5.41, 5.74) is 2.01. The van der Waals surface area contributed by atoms with Crippen molar-refractivity contribution in [1.29, 1.82) is 0 Å². The van der Waals surface area contributed by atoms with Crippen molar-refractivity contribution >= 4 is 11.9 Å². The molecule has 0 radical (unpaired) electrons. The SMILES string of the molecule is COc1cc2c(cc1OC)CC(=O)C=C2. The van der Waals surface area contributed by atoms with Gasteiger partial charge in [0.05, 0.1) is 14.2 Å². The minimum atomic E-state index is 0.120. The third-order valence-corrected chi connectivity index (χ3v) is 2.46. The van der Waals surface area contributed by atoms with Crippen LogP contribution in [0.1, 0.15) is 11.1 Å². The van der Waals surface area contributed by atoms with E-state index in [-0.39, 0.29) is 5.78 Å². The Labute approximate surface area is 88.3 Å². The number of hydrogen-bond donors (Lipinski definition) is 0. The molecule has 1 aromatic rings. The summed E-state index contributed by atoms with van der Waals surface area (Å²) in [4.78, 5) is 11.2. The van der Waals surface area contributed by atoms with Crippen LogP contribution in [0.15, 0.2) is 18.2 Å². The van der Waals surface area contributed by atoms with Crippen molar-refractivity contribution < 1.29 is 14.3 Å².